The summed E-state index contributed by atoms with van der Waals surface area (Å²) in [5.74, 6) is 1.19. The van der Waals surface area contributed by atoms with Gasteiger partial charge in [0.2, 0.25) is 5.16 Å². The van der Waals surface area contributed by atoms with Gasteiger partial charge in [-0.2, -0.15) is 4.68 Å². The van der Waals surface area contributed by atoms with E-state index in [1.165, 1.54) is 12.1 Å². The maximum atomic E-state index is 13.3. The first kappa shape index (κ1) is 24.5. The summed E-state index contributed by atoms with van der Waals surface area (Å²) in [5, 5.41) is 17.1. The summed E-state index contributed by atoms with van der Waals surface area (Å²) in [4.78, 5) is 0. The molecule has 10 heteroatoms. The third-order valence-electron chi connectivity index (χ3n) is 4.91. The fourth-order valence-corrected chi connectivity index (χ4v) is 4.45. The minimum Gasteiger partial charge on any atom is -0.489 e. The first-order valence-electron chi connectivity index (χ1n) is 10.6. The molecule has 0 aliphatic heterocycles. The summed E-state index contributed by atoms with van der Waals surface area (Å²) in [7, 11) is 0. The number of ether oxygens (including phenoxy) is 1. The molecule has 176 valence electrons. The molecular formula is C24H22Cl2FN5OS. The first-order chi connectivity index (χ1) is 16.6. The van der Waals surface area contributed by atoms with Crippen molar-refractivity contribution in [1.82, 2.24) is 25.5 Å². The van der Waals surface area contributed by atoms with Crippen LogP contribution in [0, 0.1) is 5.82 Å². The fraction of sp³-hybridized carbons (Fsp3) is 0.208. The van der Waals surface area contributed by atoms with Crippen LogP contribution in [0.5, 0.6) is 5.75 Å². The van der Waals surface area contributed by atoms with Crippen molar-refractivity contribution in [1.29, 1.82) is 0 Å². The average Bonchev–Trinajstić information content (AvgIpc) is 3.31. The summed E-state index contributed by atoms with van der Waals surface area (Å²) >= 11 is 13.9. The van der Waals surface area contributed by atoms with Crippen molar-refractivity contribution in [3.63, 3.8) is 0 Å². The van der Waals surface area contributed by atoms with E-state index in [1.54, 1.807) is 28.6 Å². The zero-order valence-electron chi connectivity index (χ0n) is 18.1. The molecule has 0 saturated heterocycles. The van der Waals surface area contributed by atoms with Crippen molar-refractivity contribution in [3.8, 4) is 11.4 Å². The molecule has 0 bridgehead atoms. The monoisotopic (exact) mass is 517 g/mol. The SMILES string of the molecule is Fc1ccc(COc2ccc(Cl)cc2CNCCCSc2nnnn2-c2ccccc2)c(Cl)c1. The maximum Gasteiger partial charge on any atom is 0.214 e. The minimum atomic E-state index is -0.375. The van der Waals surface area contributed by atoms with Gasteiger partial charge >= 0.3 is 0 Å². The van der Waals surface area contributed by atoms with E-state index in [1.807, 2.05) is 42.5 Å². The Morgan fingerprint density at radius 1 is 1.00 bits per heavy atom. The molecule has 0 spiro atoms. The van der Waals surface area contributed by atoms with Gasteiger partial charge in [0, 0.05) is 28.4 Å². The summed E-state index contributed by atoms with van der Waals surface area (Å²) in [6.07, 6.45) is 0.925. The first-order valence-corrected chi connectivity index (χ1v) is 12.4. The highest BCUT2D eigenvalue weighted by molar-refractivity contribution is 7.99. The van der Waals surface area contributed by atoms with E-state index in [4.69, 9.17) is 27.9 Å². The lowest BCUT2D eigenvalue weighted by molar-refractivity contribution is 0.302. The molecule has 34 heavy (non-hydrogen) atoms. The Morgan fingerprint density at radius 3 is 2.68 bits per heavy atom. The van der Waals surface area contributed by atoms with E-state index in [9.17, 15) is 4.39 Å². The molecule has 6 nitrogen and oxygen atoms in total. The molecule has 0 atom stereocenters. The Bertz CT molecular complexity index is 1230. The van der Waals surface area contributed by atoms with E-state index in [2.05, 4.69) is 20.8 Å². The second-order valence-electron chi connectivity index (χ2n) is 7.36. The topological polar surface area (TPSA) is 64.9 Å². The lowest BCUT2D eigenvalue weighted by Gasteiger charge is -2.13. The number of hydrogen-bond acceptors (Lipinski definition) is 6. The molecule has 0 fully saturated rings. The third kappa shape index (κ3) is 6.70. The van der Waals surface area contributed by atoms with E-state index in [0.717, 1.165) is 35.1 Å². The van der Waals surface area contributed by atoms with Crippen LogP contribution >= 0.6 is 35.0 Å². The second kappa shape index (κ2) is 12.2. The van der Waals surface area contributed by atoms with Crippen LogP contribution in [0.2, 0.25) is 10.0 Å². The zero-order valence-corrected chi connectivity index (χ0v) is 20.5. The fourth-order valence-electron chi connectivity index (χ4n) is 3.21. The number of nitrogens with zero attached hydrogens (tertiary/aromatic N) is 4. The quantitative estimate of drug-likeness (QED) is 0.195. The molecule has 0 radical (unpaired) electrons. The van der Waals surface area contributed by atoms with Crippen LogP contribution < -0.4 is 10.1 Å². The number of para-hydroxylation sites is 1. The van der Waals surface area contributed by atoms with Gasteiger partial charge in [0.05, 0.1) is 10.7 Å². The number of rotatable bonds is 11. The van der Waals surface area contributed by atoms with Crippen molar-refractivity contribution in [2.24, 2.45) is 0 Å². The molecule has 1 N–H and O–H groups in total. The number of aromatic nitrogens is 4. The van der Waals surface area contributed by atoms with Crippen molar-refractivity contribution in [3.05, 3.63) is 93.7 Å². The van der Waals surface area contributed by atoms with E-state index in [0.29, 0.717) is 27.9 Å². The largest absolute Gasteiger partial charge is 0.489 e. The van der Waals surface area contributed by atoms with Gasteiger partial charge in [0.1, 0.15) is 18.2 Å². The molecule has 0 amide bonds. The van der Waals surface area contributed by atoms with Crippen LogP contribution in [0.3, 0.4) is 0 Å². The Morgan fingerprint density at radius 2 is 1.85 bits per heavy atom. The van der Waals surface area contributed by atoms with E-state index in [-0.39, 0.29) is 12.4 Å². The van der Waals surface area contributed by atoms with Gasteiger partial charge in [-0.15, -0.1) is 5.10 Å². The lowest BCUT2D eigenvalue weighted by Crippen LogP contribution is -2.16. The van der Waals surface area contributed by atoms with Gasteiger partial charge < -0.3 is 10.1 Å². The predicted molar refractivity (Wildman–Crippen MR) is 133 cm³/mol. The number of hydrogen-bond donors (Lipinski definition) is 1. The lowest BCUT2D eigenvalue weighted by atomic mass is 10.2. The standard InChI is InChI=1S/C24H22Cl2FN5OS/c25-19-8-10-23(33-16-17-7-9-20(27)14-22(17)26)18(13-19)15-28-11-4-12-34-24-29-30-31-32(24)21-5-2-1-3-6-21/h1-3,5-10,13-14,28H,4,11-12,15-16H2. The van der Waals surface area contributed by atoms with E-state index < -0.39 is 0 Å². The summed E-state index contributed by atoms with van der Waals surface area (Å²) < 4.78 is 20.9. The molecule has 1 aromatic heterocycles. The number of thioether (sulfide) groups is 1. The van der Waals surface area contributed by atoms with Gasteiger partial charge in [0.25, 0.3) is 0 Å². The van der Waals surface area contributed by atoms with Gasteiger partial charge in [-0.25, -0.2) is 4.39 Å². The van der Waals surface area contributed by atoms with Crippen LogP contribution in [-0.4, -0.2) is 32.5 Å². The Labute approximate surface area is 211 Å². The summed E-state index contributed by atoms with van der Waals surface area (Å²) in [6.45, 7) is 1.63. The Balaban J connectivity index is 1.25. The number of benzene rings is 3. The zero-order chi connectivity index (χ0) is 23.8. The maximum absolute atomic E-state index is 13.3. The summed E-state index contributed by atoms with van der Waals surface area (Å²) in [5.41, 5.74) is 2.58. The van der Waals surface area contributed by atoms with E-state index >= 15 is 0 Å². The molecular weight excluding hydrogens is 496 g/mol. The highest BCUT2D eigenvalue weighted by Gasteiger charge is 2.10. The Kier molecular flexibility index (Phi) is 8.76. The molecule has 3 aromatic carbocycles. The smallest absolute Gasteiger partial charge is 0.214 e. The van der Waals surface area contributed by atoms with Crippen LogP contribution in [0.25, 0.3) is 5.69 Å². The van der Waals surface area contributed by atoms with Crippen LogP contribution in [0.15, 0.2) is 71.9 Å². The van der Waals surface area contributed by atoms with Crippen molar-refractivity contribution >= 4 is 35.0 Å². The van der Waals surface area contributed by atoms with Gasteiger partial charge in [-0.1, -0.05) is 59.2 Å². The van der Waals surface area contributed by atoms with Crippen LogP contribution in [0.1, 0.15) is 17.5 Å². The normalized spacial score (nSPS) is 11.0. The second-order valence-corrected chi connectivity index (χ2v) is 9.27. The van der Waals surface area contributed by atoms with Crippen molar-refractivity contribution < 1.29 is 9.13 Å². The van der Waals surface area contributed by atoms with Crippen LogP contribution in [0.4, 0.5) is 4.39 Å². The van der Waals surface area contributed by atoms with Crippen molar-refractivity contribution in [2.45, 2.75) is 24.7 Å². The van der Waals surface area contributed by atoms with Gasteiger partial charge in [-0.3, -0.25) is 0 Å². The predicted octanol–water partition coefficient (Wildman–Crippen LogP) is 5.96. The summed E-state index contributed by atoms with van der Waals surface area (Å²) in [6, 6.07) is 19.6. The molecule has 0 aliphatic rings. The number of halogens is 3. The number of nitrogens with one attached hydrogen (secondary N) is 1. The Hall–Kier alpha value is -2.65. The molecule has 0 aliphatic carbocycles. The van der Waals surface area contributed by atoms with Crippen molar-refractivity contribution in [2.75, 3.05) is 12.3 Å². The molecule has 4 rings (SSSR count). The molecule has 4 aromatic rings. The molecule has 0 unspecified atom stereocenters. The van der Waals surface area contributed by atoms with Gasteiger partial charge in [0.15, 0.2) is 0 Å². The van der Waals surface area contributed by atoms with Crippen LogP contribution in [-0.2, 0) is 13.2 Å². The molecule has 1 heterocycles. The highest BCUT2D eigenvalue weighted by Crippen LogP contribution is 2.26. The number of tetrazole rings is 1. The third-order valence-corrected chi connectivity index (χ3v) is 6.50. The molecule has 0 saturated carbocycles. The minimum absolute atomic E-state index is 0.237. The average molecular weight is 518 g/mol. The van der Waals surface area contributed by atoms with Gasteiger partial charge in [-0.05, 0) is 65.9 Å². The highest BCUT2D eigenvalue weighted by atomic mass is 35.5.